The van der Waals surface area contributed by atoms with E-state index in [0.717, 1.165) is 65.7 Å². The Morgan fingerprint density at radius 1 is 1.00 bits per heavy atom. The number of pyridine rings is 1. The number of aromatic nitrogens is 1. The third kappa shape index (κ3) is 3.48. The van der Waals surface area contributed by atoms with Crippen molar-refractivity contribution in [1.82, 2.24) is 9.88 Å². The maximum absolute atomic E-state index is 11.1. The zero-order chi connectivity index (χ0) is 28.1. The molecule has 0 radical (unpaired) electrons. The van der Waals surface area contributed by atoms with Crippen LogP contribution in [0.2, 0.25) is 5.02 Å². The van der Waals surface area contributed by atoms with Crippen molar-refractivity contribution in [2.45, 2.75) is 61.9 Å². The Bertz CT molecular complexity index is 1710. The van der Waals surface area contributed by atoms with E-state index < -0.39 is 11.0 Å². The lowest BCUT2D eigenvalue weighted by molar-refractivity contribution is -0.211. The van der Waals surface area contributed by atoms with Crippen LogP contribution in [0.4, 0.5) is 0 Å². The van der Waals surface area contributed by atoms with Crippen molar-refractivity contribution in [3.63, 3.8) is 0 Å². The number of hydrogen-bond acceptors (Lipinski definition) is 5. The Balaban J connectivity index is 1.25. The maximum atomic E-state index is 11.1. The molecule has 2 bridgehead atoms. The first-order valence-corrected chi connectivity index (χ1v) is 15.6. The second-order valence-corrected chi connectivity index (χ2v) is 13.4. The molecule has 6 heteroatoms. The van der Waals surface area contributed by atoms with Crippen molar-refractivity contribution in [2.24, 2.45) is 5.92 Å². The minimum absolute atomic E-state index is 0.206. The van der Waals surface area contributed by atoms with Gasteiger partial charge in [0.05, 0.1) is 17.7 Å². The summed E-state index contributed by atoms with van der Waals surface area (Å²) in [6, 6.07) is 24.9. The molecule has 2 fully saturated rings. The highest BCUT2D eigenvalue weighted by Gasteiger charge is 2.74. The van der Waals surface area contributed by atoms with E-state index in [-0.39, 0.29) is 17.9 Å². The van der Waals surface area contributed by atoms with Crippen LogP contribution in [0.3, 0.4) is 0 Å². The van der Waals surface area contributed by atoms with Crippen molar-refractivity contribution >= 4 is 11.6 Å². The summed E-state index contributed by atoms with van der Waals surface area (Å²) in [5.74, 6) is 1.63. The molecule has 4 aromatic rings. The van der Waals surface area contributed by atoms with E-state index in [2.05, 4.69) is 59.5 Å². The van der Waals surface area contributed by atoms with E-state index >= 15 is 0 Å². The standard InChI is InChI=1S/C36H33ClN2O3/c37-28-11-8-24(9-12-28)27-16-26-18-36(41-21-23-4-2-1-3-5-23)30-17-25-10-13-29(40)33-31(25)35(36,34(42-33)32(26)38-19-27)14-15-39(30)20-22-6-7-22/h1-5,8-13,16,19,22,30,34,40H,6-7,14-15,17-18,20-21H2/t30?,34-,35-,36+/m0/s1. The summed E-state index contributed by atoms with van der Waals surface area (Å²) in [5, 5.41) is 11.9. The van der Waals surface area contributed by atoms with Gasteiger partial charge in [0.2, 0.25) is 0 Å². The van der Waals surface area contributed by atoms with Crippen LogP contribution < -0.4 is 4.74 Å². The lowest BCUT2D eigenvalue weighted by Crippen LogP contribution is -2.75. The molecule has 9 rings (SSSR count). The van der Waals surface area contributed by atoms with Crippen LogP contribution in [-0.2, 0) is 29.6 Å². The lowest BCUT2D eigenvalue weighted by atomic mass is 9.48. The number of nitrogens with zero attached hydrogens (tertiary/aromatic N) is 2. The Labute approximate surface area is 251 Å². The smallest absolute Gasteiger partial charge is 0.166 e. The summed E-state index contributed by atoms with van der Waals surface area (Å²) in [7, 11) is 0. The summed E-state index contributed by atoms with van der Waals surface area (Å²) >= 11 is 6.21. The van der Waals surface area contributed by atoms with Crippen LogP contribution in [-0.4, -0.2) is 39.7 Å². The fourth-order valence-corrected chi connectivity index (χ4v) is 8.80. The average Bonchev–Trinajstić information content (AvgIpc) is 3.76. The Hall–Kier alpha value is -3.38. The molecular formula is C36H33ClN2O3. The number of benzene rings is 3. The van der Waals surface area contributed by atoms with Crippen LogP contribution in [0, 0.1) is 5.92 Å². The van der Waals surface area contributed by atoms with Crippen LogP contribution in [0.25, 0.3) is 11.1 Å². The highest BCUT2D eigenvalue weighted by Crippen LogP contribution is 2.69. The van der Waals surface area contributed by atoms with Gasteiger partial charge in [-0.25, -0.2) is 0 Å². The largest absolute Gasteiger partial charge is 0.504 e. The molecule has 1 unspecified atom stereocenters. The minimum atomic E-state index is -0.528. The molecular weight excluding hydrogens is 544 g/mol. The molecule has 4 atom stereocenters. The zero-order valence-electron chi connectivity index (χ0n) is 23.4. The average molecular weight is 577 g/mol. The van der Waals surface area contributed by atoms with Gasteiger partial charge < -0.3 is 14.6 Å². The number of ether oxygens (including phenoxy) is 2. The summed E-state index contributed by atoms with van der Waals surface area (Å²) in [6.07, 6.45) is 6.86. The molecule has 1 spiro atoms. The number of phenolic OH excluding ortho intramolecular Hbond substituents is 1. The van der Waals surface area contributed by atoms with Crippen LogP contribution in [0.1, 0.15) is 53.3 Å². The van der Waals surface area contributed by atoms with E-state index in [1.54, 1.807) is 0 Å². The molecule has 3 aromatic carbocycles. The van der Waals surface area contributed by atoms with E-state index in [4.69, 9.17) is 26.1 Å². The van der Waals surface area contributed by atoms with Gasteiger partial charge in [0.1, 0.15) is 5.60 Å². The van der Waals surface area contributed by atoms with Crippen molar-refractivity contribution in [2.75, 3.05) is 13.1 Å². The fraction of sp³-hybridized carbons (Fsp3) is 0.361. The summed E-state index contributed by atoms with van der Waals surface area (Å²) in [4.78, 5) is 7.86. The van der Waals surface area contributed by atoms with Gasteiger partial charge in [0.15, 0.2) is 17.6 Å². The third-order valence-corrected chi connectivity index (χ3v) is 11.0. The van der Waals surface area contributed by atoms with Crippen molar-refractivity contribution in [3.05, 3.63) is 112 Å². The highest BCUT2D eigenvalue weighted by molar-refractivity contribution is 6.30. The first-order chi connectivity index (χ1) is 20.6. The number of aromatic hydroxyl groups is 1. The van der Waals surface area contributed by atoms with Crippen LogP contribution in [0.15, 0.2) is 79.0 Å². The van der Waals surface area contributed by atoms with Crippen molar-refractivity contribution < 1.29 is 14.6 Å². The first-order valence-electron chi connectivity index (χ1n) is 15.2. The van der Waals surface area contributed by atoms with Gasteiger partial charge >= 0.3 is 0 Å². The number of piperidine rings is 1. The van der Waals surface area contributed by atoms with E-state index in [9.17, 15) is 5.11 Å². The van der Waals surface area contributed by atoms with Gasteiger partial charge in [0, 0.05) is 41.4 Å². The second kappa shape index (κ2) is 9.06. The lowest BCUT2D eigenvalue weighted by Gasteiger charge is -2.64. The van der Waals surface area contributed by atoms with Gasteiger partial charge in [0.25, 0.3) is 0 Å². The molecule has 1 saturated heterocycles. The topological polar surface area (TPSA) is 54.8 Å². The van der Waals surface area contributed by atoms with Gasteiger partial charge in [-0.05, 0) is 84.7 Å². The van der Waals surface area contributed by atoms with Gasteiger partial charge in [-0.3, -0.25) is 9.88 Å². The second-order valence-electron chi connectivity index (χ2n) is 12.9. The van der Waals surface area contributed by atoms with E-state index in [1.165, 1.54) is 29.5 Å². The molecule has 42 heavy (non-hydrogen) atoms. The monoisotopic (exact) mass is 576 g/mol. The number of fused-ring (bicyclic) bond motifs is 2. The highest BCUT2D eigenvalue weighted by atomic mass is 35.5. The summed E-state index contributed by atoms with van der Waals surface area (Å²) < 4.78 is 14.3. The summed E-state index contributed by atoms with van der Waals surface area (Å²) in [5.41, 5.74) is 6.98. The summed E-state index contributed by atoms with van der Waals surface area (Å²) in [6.45, 7) is 2.66. The molecule has 1 N–H and O–H groups in total. The molecule has 212 valence electrons. The van der Waals surface area contributed by atoms with E-state index in [1.807, 2.05) is 24.4 Å². The molecule has 0 amide bonds. The van der Waals surface area contributed by atoms with Gasteiger partial charge in [-0.1, -0.05) is 60.1 Å². The quantitative estimate of drug-likeness (QED) is 0.267. The molecule has 3 aliphatic carbocycles. The SMILES string of the molecule is Oc1ccc2c3c1O[C@H]1c4ncc(-c5ccc(Cl)cc5)cc4C[C@@]4(OCc5ccccc5)C(C2)N(CC2CC2)CC[C@]314. The van der Waals surface area contributed by atoms with Gasteiger partial charge in [-0.15, -0.1) is 0 Å². The number of halogens is 1. The Kier molecular flexibility index (Phi) is 5.43. The molecule has 3 heterocycles. The van der Waals surface area contributed by atoms with Crippen molar-refractivity contribution in [1.29, 1.82) is 0 Å². The molecule has 5 nitrogen and oxygen atoms in total. The zero-order valence-corrected chi connectivity index (χ0v) is 24.2. The predicted molar refractivity (Wildman–Crippen MR) is 162 cm³/mol. The maximum Gasteiger partial charge on any atom is 0.166 e. The molecule has 5 aliphatic rings. The van der Waals surface area contributed by atoms with Crippen LogP contribution >= 0.6 is 11.6 Å². The van der Waals surface area contributed by atoms with Crippen molar-refractivity contribution in [3.8, 4) is 22.6 Å². The third-order valence-electron chi connectivity index (χ3n) is 10.7. The molecule has 2 aliphatic heterocycles. The number of likely N-dealkylation sites (tertiary alicyclic amines) is 1. The first kappa shape index (κ1) is 25.1. The van der Waals surface area contributed by atoms with Gasteiger partial charge in [-0.2, -0.15) is 0 Å². The normalized spacial score (nSPS) is 28.6. The molecule has 1 aromatic heterocycles. The molecule has 1 saturated carbocycles. The fourth-order valence-electron chi connectivity index (χ4n) is 8.67. The Morgan fingerprint density at radius 3 is 2.64 bits per heavy atom. The predicted octanol–water partition coefficient (Wildman–Crippen LogP) is 7.03. The number of hydrogen-bond donors (Lipinski definition) is 1. The number of rotatable bonds is 6. The van der Waals surface area contributed by atoms with E-state index in [0.29, 0.717) is 12.4 Å². The minimum Gasteiger partial charge on any atom is -0.504 e. The number of phenols is 1. The van der Waals surface area contributed by atoms with Crippen LogP contribution in [0.5, 0.6) is 11.5 Å². The Morgan fingerprint density at radius 2 is 1.83 bits per heavy atom.